The molecule has 2 aliphatic heterocycles. The molecule has 5 heteroatoms. The van der Waals surface area contributed by atoms with Gasteiger partial charge in [0.1, 0.15) is 0 Å². The van der Waals surface area contributed by atoms with Gasteiger partial charge in [0.05, 0.1) is 13.2 Å². The van der Waals surface area contributed by atoms with E-state index in [1.54, 1.807) is 0 Å². The molecule has 0 saturated carbocycles. The number of hydrogen-bond acceptors (Lipinski definition) is 5. The molecule has 24 heavy (non-hydrogen) atoms. The number of β-amino-alcohol motifs (C(OH)–C–C–N with tert-alkyl or cyclic N) is 2. The number of piperazine rings is 1. The minimum Gasteiger partial charge on any atom is -0.395 e. The van der Waals surface area contributed by atoms with Crippen molar-refractivity contribution in [2.75, 3.05) is 65.6 Å². The largest absolute Gasteiger partial charge is 0.395 e. The molecule has 1 atom stereocenters. The maximum absolute atomic E-state index is 9.10. The van der Waals surface area contributed by atoms with Gasteiger partial charge in [-0.2, -0.15) is 0 Å². The van der Waals surface area contributed by atoms with E-state index in [0.717, 1.165) is 58.3 Å². The van der Waals surface area contributed by atoms with Crippen molar-refractivity contribution in [2.45, 2.75) is 46.1 Å². The van der Waals surface area contributed by atoms with Crippen molar-refractivity contribution in [1.82, 2.24) is 14.7 Å². The zero-order chi connectivity index (χ0) is 17.6. The average Bonchev–Trinajstić information content (AvgIpc) is 2.56. The molecule has 0 aliphatic carbocycles. The summed E-state index contributed by atoms with van der Waals surface area (Å²) in [4.78, 5) is 7.40. The smallest absolute Gasteiger partial charge is 0.0558 e. The highest BCUT2D eigenvalue weighted by molar-refractivity contribution is 4.88. The van der Waals surface area contributed by atoms with Crippen LogP contribution in [0.1, 0.15) is 40.0 Å². The first-order valence-corrected chi connectivity index (χ1v) is 9.86. The highest BCUT2D eigenvalue weighted by atomic mass is 16.3. The van der Waals surface area contributed by atoms with Gasteiger partial charge in [0.15, 0.2) is 0 Å². The van der Waals surface area contributed by atoms with Crippen LogP contribution in [-0.2, 0) is 0 Å². The maximum Gasteiger partial charge on any atom is 0.0558 e. The number of hydrogen-bond donors (Lipinski definition) is 2. The standard InChI is InChI=1S/C19H39N3O2/c1-17(22-10-8-21(9-11-22)13-15-24)16-19(2,3)18-4-6-20(7-5-18)12-14-23/h17-18,23-24H,4-16H2,1-3H3. The second-order valence-electron chi connectivity index (χ2n) is 8.48. The molecule has 2 rings (SSSR count). The van der Waals surface area contributed by atoms with Crippen LogP contribution in [0.5, 0.6) is 0 Å². The first-order chi connectivity index (χ1) is 11.5. The summed E-state index contributed by atoms with van der Waals surface area (Å²) in [6, 6.07) is 0.631. The lowest BCUT2D eigenvalue weighted by Gasteiger charge is -2.45. The predicted octanol–water partition coefficient (Wildman–Crippen LogP) is 1.11. The Balaban J connectivity index is 1.77. The van der Waals surface area contributed by atoms with Crippen LogP contribution < -0.4 is 0 Å². The van der Waals surface area contributed by atoms with E-state index in [4.69, 9.17) is 10.2 Å². The molecule has 0 bridgehead atoms. The van der Waals surface area contributed by atoms with Crippen molar-refractivity contribution >= 4 is 0 Å². The summed E-state index contributed by atoms with van der Waals surface area (Å²) in [6.07, 6.45) is 3.80. The van der Waals surface area contributed by atoms with Crippen molar-refractivity contribution < 1.29 is 10.2 Å². The van der Waals surface area contributed by atoms with Crippen LogP contribution in [0.15, 0.2) is 0 Å². The van der Waals surface area contributed by atoms with Crippen molar-refractivity contribution in [1.29, 1.82) is 0 Å². The molecule has 0 amide bonds. The van der Waals surface area contributed by atoms with Gasteiger partial charge < -0.3 is 15.1 Å². The topological polar surface area (TPSA) is 50.2 Å². The average molecular weight is 342 g/mol. The molecule has 0 aromatic rings. The Morgan fingerprint density at radius 2 is 1.38 bits per heavy atom. The van der Waals surface area contributed by atoms with Crippen molar-refractivity contribution in [2.24, 2.45) is 11.3 Å². The van der Waals surface area contributed by atoms with E-state index in [1.165, 1.54) is 19.3 Å². The van der Waals surface area contributed by atoms with Gasteiger partial charge in [0, 0.05) is 45.3 Å². The lowest BCUT2D eigenvalue weighted by molar-refractivity contribution is 0.0391. The molecule has 2 N–H and O–H groups in total. The molecule has 1 unspecified atom stereocenters. The molecule has 2 aliphatic rings. The highest BCUT2D eigenvalue weighted by Gasteiger charge is 2.35. The Bertz CT molecular complexity index is 349. The SMILES string of the molecule is CC(CC(C)(C)C1CCN(CCO)CC1)N1CCN(CCO)CC1. The number of aliphatic hydroxyl groups is 2. The molecule has 0 aromatic carbocycles. The Hall–Kier alpha value is -0.200. The molecule has 2 fully saturated rings. The summed E-state index contributed by atoms with van der Waals surface area (Å²) < 4.78 is 0. The third-order valence-electron chi connectivity index (χ3n) is 6.38. The molecule has 2 heterocycles. The zero-order valence-electron chi connectivity index (χ0n) is 16.1. The monoisotopic (exact) mass is 341 g/mol. The fourth-order valence-corrected chi connectivity index (χ4v) is 4.71. The summed E-state index contributed by atoms with van der Waals surface area (Å²) in [6.45, 7) is 16.2. The van der Waals surface area contributed by atoms with E-state index in [2.05, 4.69) is 35.5 Å². The predicted molar refractivity (Wildman–Crippen MR) is 99.2 cm³/mol. The van der Waals surface area contributed by atoms with Gasteiger partial charge in [0.2, 0.25) is 0 Å². The van der Waals surface area contributed by atoms with E-state index in [-0.39, 0.29) is 13.2 Å². The van der Waals surface area contributed by atoms with E-state index in [1.807, 2.05) is 0 Å². The van der Waals surface area contributed by atoms with Gasteiger partial charge in [-0.05, 0) is 50.6 Å². The summed E-state index contributed by atoms with van der Waals surface area (Å²) in [5.74, 6) is 0.797. The minimum atomic E-state index is 0.275. The van der Waals surface area contributed by atoms with Gasteiger partial charge in [-0.3, -0.25) is 9.80 Å². The van der Waals surface area contributed by atoms with Crippen LogP contribution in [-0.4, -0.2) is 96.5 Å². The van der Waals surface area contributed by atoms with Crippen molar-refractivity contribution in [3.05, 3.63) is 0 Å². The van der Waals surface area contributed by atoms with Crippen LogP contribution in [0, 0.1) is 11.3 Å². The first-order valence-electron chi connectivity index (χ1n) is 9.86. The Labute approximate surface area is 148 Å². The van der Waals surface area contributed by atoms with E-state index >= 15 is 0 Å². The molecular formula is C19H39N3O2. The molecule has 142 valence electrons. The number of piperidine rings is 1. The number of likely N-dealkylation sites (tertiary alicyclic amines) is 1. The van der Waals surface area contributed by atoms with Gasteiger partial charge >= 0.3 is 0 Å². The Kier molecular flexibility index (Phi) is 7.95. The second kappa shape index (κ2) is 9.48. The van der Waals surface area contributed by atoms with E-state index in [9.17, 15) is 0 Å². The highest BCUT2D eigenvalue weighted by Crippen LogP contribution is 2.39. The van der Waals surface area contributed by atoms with Crippen LogP contribution in [0.3, 0.4) is 0 Å². The second-order valence-corrected chi connectivity index (χ2v) is 8.48. The fourth-order valence-electron chi connectivity index (χ4n) is 4.71. The van der Waals surface area contributed by atoms with Crippen LogP contribution in [0.25, 0.3) is 0 Å². The Morgan fingerprint density at radius 3 is 1.88 bits per heavy atom. The van der Waals surface area contributed by atoms with Crippen LogP contribution in [0.4, 0.5) is 0 Å². The van der Waals surface area contributed by atoms with Crippen LogP contribution in [0.2, 0.25) is 0 Å². The van der Waals surface area contributed by atoms with Crippen molar-refractivity contribution in [3.8, 4) is 0 Å². The number of aliphatic hydroxyl groups excluding tert-OH is 2. The van der Waals surface area contributed by atoms with Crippen LogP contribution >= 0.6 is 0 Å². The molecule has 0 aromatic heterocycles. The summed E-state index contributed by atoms with van der Waals surface area (Å²) in [5.41, 5.74) is 0.382. The molecule has 0 spiro atoms. The lowest BCUT2D eigenvalue weighted by atomic mass is 9.70. The molecule has 0 radical (unpaired) electrons. The maximum atomic E-state index is 9.10. The van der Waals surface area contributed by atoms with Gasteiger partial charge in [0.25, 0.3) is 0 Å². The number of nitrogens with zero attached hydrogens (tertiary/aromatic N) is 3. The lowest BCUT2D eigenvalue weighted by Crippen LogP contribution is -2.51. The summed E-state index contributed by atoms with van der Waals surface area (Å²) in [7, 11) is 0. The number of rotatable bonds is 8. The van der Waals surface area contributed by atoms with Gasteiger partial charge in [-0.25, -0.2) is 0 Å². The third kappa shape index (κ3) is 5.67. The normalized spacial score (nSPS) is 24.4. The zero-order valence-corrected chi connectivity index (χ0v) is 16.1. The first kappa shape index (κ1) is 20.1. The minimum absolute atomic E-state index is 0.275. The van der Waals surface area contributed by atoms with Gasteiger partial charge in [-0.1, -0.05) is 13.8 Å². The molecule has 2 saturated heterocycles. The molecule has 5 nitrogen and oxygen atoms in total. The van der Waals surface area contributed by atoms with E-state index in [0.29, 0.717) is 11.5 Å². The Morgan fingerprint density at radius 1 is 0.875 bits per heavy atom. The molecular weight excluding hydrogens is 302 g/mol. The fraction of sp³-hybridized carbons (Fsp3) is 1.00. The quantitative estimate of drug-likeness (QED) is 0.693. The summed E-state index contributed by atoms with van der Waals surface area (Å²) >= 11 is 0. The third-order valence-corrected chi connectivity index (χ3v) is 6.38. The van der Waals surface area contributed by atoms with Gasteiger partial charge in [-0.15, -0.1) is 0 Å². The summed E-state index contributed by atoms with van der Waals surface area (Å²) in [5, 5.41) is 18.2. The van der Waals surface area contributed by atoms with E-state index < -0.39 is 0 Å². The van der Waals surface area contributed by atoms with Crippen molar-refractivity contribution in [3.63, 3.8) is 0 Å².